The number of pyridine rings is 1. The highest BCUT2D eigenvalue weighted by Crippen LogP contribution is 2.19. The first-order valence-corrected chi connectivity index (χ1v) is 9.55. The average molecular weight is 415 g/mol. The monoisotopic (exact) mass is 415 g/mol. The SMILES string of the molecule is O=C(c1ccc(C=Nn2c(S)nnc2-c2ccccn2)cc1)C(O)c1ccccc1. The second-order valence-corrected chi connectivity index (χ2v) is 6.79. The van der Waals surface area contributed by atoms with Gasteiger partial charge in [-0.15, -0.1) is 22.8 Å². The fourth-order valence-electron chi connectivity index (χ4n) is 2.84. The number of rotatable bonds is 6. The van der Waals surface area contributed by atoms with Crippen LogP contribution >= 0.6 is 12.6 Å². The molecule has 1 atom stereocenters. The fourth-order valence-corrected chi connectivity index (χ4v) is 3.03. The van der Waals surface area contributed by atoms with Crippen LogP contribution in [0.1, 0.15) is 27.6 Å². The van der Waals surface area contributed by atoms with Gasteiger partial charge in [0.2, 0.25) is 11.0 Å². The molecule has 7 nitrogen and oxygen atoms in total. The lowest BCUT2D eigenvalue weighted by Crippen LogP contribution is -2.12. The standard InChI is InChI=1S/C22H17N5O2S/c28-19(16-6-2-1-3-7-16)20(29)17-11-9-15(10-12-17)14-24-27-21(25-26-22(27)30)18-8-4-5-13-23-18/h1-14,19,28H,(H,26,30). The van der Waals surface area contributed by atoms with E-state index in [1.807, 2.05) is 24.3 Å². The van der Waals surface area contributed by atoms with Crippen LogP contribution in [0.15, 0.2) is 89.3 Å². The van der Waals surface area contributed by atoms with Gasteiger partial charge < -0.3 is 5.11 Å². The van der Waals surface area contributed by atoms with Crippen molar-refractivity contribution in [2.45, 2.75) is 11.3 Å². The Kier molecular flexibility index (Phi) is 5.78. The van der Waals surface area contributed by atoms with Gasteiger partial charge in [-0.3, -0.25) is 9.78 Å². The van der Waals surface area contributed by atoms with Crippen LogP contribution < -0.4 is 0 Å². The Morgan fingerprint density at radius 2 is 1.73 bits per heavy atom. The molecule has 0 saturated carbocycles. The molecule has 0 aliphatic heterocycles. The molecular formula is C22H17N5O2S. The molecule has 30 heavy (non-hydrogen) atoms. The molecule has 0 fully saturated rings. The van der Waals surface area contributed by atoms with Crippen molar-refractivity contribution in [1.82, 2.24) is 19.9 Å². The van der Waals surface area contributed by atoms with Gasteiger partial charge in [-0.1, -0.05) is 60.7 Å². The van der Waals surface area contributed by atoms with Gasteiger partial charge >= 0.3 is 0 Å². The minimum Gasteiger partial charge on any atom is -0.380 e. The van der Waals surface area contributed by atoms with Gasteiger partial charge in [0.25, 0.3) is 0 Å². The first kappa shape index (κ1) is 19.7. The molecular weight excluding hydrogens is 398 g/mol. The molecule has 0 spiro atoms. The molecule has 148 valence electrons. The molecule has 2 heterocycles. The predicted molar refractivity (Wildman–Crippen MR) is 116 cm³/mol. The molecule has 0 saturated heterocycles. The average Bonchev–Trinajstić information content (AvgIpc) is 3.18. The van der Waals surface area contributed by atoms with Gasteiger partial charge in [0.1, 0.15) is 11.8 Å². The van der Waals surface area contributed by atoms with E-state index < -0.39 is 6.10 Å². The zero-order valence-corrected chi connectivity index (χ0v) is 16.6. The van der Waals surface area contributed by atoms with Crippen LogP contribution in [0, 0.1) is 0 Å². The van der Waals surface area contributed by atoms with Crippen molar-refractivity contribution in [3.8, 4) is 11.5 Å². The maximum Gasteiger partial charge on any atom is 0.209 e. The summed E-state index contributed by atoms with van der Waals surface area (Å²) in [4.78, 5) is 16.8. The molecule has 0 aliphatic carbocycles. The number of nitrogens with zero attached hydrogens (tertiary/aromatic N) is 5. The Labute approximate surface area is 178 Å². The molecule has 0 bridgehead atoms. The van der Waals surface area contributed by atoms with E-state index in [2.05, 4.69) is 32.9 Å². The van der Waals surface area contributed by atoms with Gasteiger partial charge in [0.15, 0.2) is 5.78 Å². The lowest BCUT2D eigenvalue weighted by atomic mass is 9.99. The van der Waals surface area contributed by atoms with E-state index in [9.17, 15) is 9.90 Å². The zero-order valence-electron chi connectivity index (χ0n) is 15.7. The van der Waals surface area contributed by atoms with Crippen LogP contribution in [0.25, 0.3) is 11.5 Å². The number of hydrogen-bond donors (Lipinski definition) is 2. The summed E-state index contributed by atoms with van der Waals surface area (Å²) in [5.41, 5.74) is 2.36. The largest absolute Gasteiger partial charge is 0.380 e. The van der Waals surface area contributed by atoms with Gasteiger partial charge in [0.05, 0.1) is 6.21 Å². The van der Waals surface area contributed by atoms with E-state index in [4.69, 9.17) is 0 Å². The quantitative estimate of drug-likeness (QED) is 0.286. The number of benzene rings is 2. The lowest BCUT2D eigenvalue weighted by molar-refractivity contribution is 0.0747. The highest BCUT2D eigenvalue weighted by atomic mass is 32.1. The number of carbonyl (C=O) groups is 1. The van der Waals surface area contributed by atoms with Crippen LogP contribution in [-0.2, 0) is 0 Å². The molecule has 0 aliphatic rings. The van der Waals surface area contributed by atoms with Gasteiger partial charge in [-0.05, 0) is 23.3 Å². The second-order valence-electron chi connectivity index (χ2n) is 6.39. The smallest absolute Gasteiger partial charge is 0.209 e. The van der Waals surface area contributed by atoms with Crippen molar-refractivity contribution in [2.75, 3.05) is 0 Å². The van der Waals surface area contributed by atoms with E-state index in [1.165, 1.54) is 4.68 Å². The number of carbonyl (C=O) groups excluding carboxylic acids is 1. The van der Waals surface area contributed by atoms with Crippen LogP contribution in [0.2, 0.25) is 0 Å². The third-order valence-corrected chi connectivity index (χ3v) is 4.68. The molecule has 2 aromatic heterocycles. The summed E-state index contributed by atoms with van der Waals surface area (Å²) in [7, 11) is 0. The third-order valence-electron chi connectivity index (χ3n) is 4.40. The molecule has 1 N–H and O–H groups in total. The molecule has 4 aromatic rings. The number of ketones is 1. The summed E-state index contributed by atoms with van der Waals surface area (Å²) >= 11 is 4.29. The minimum absolute atomic E-state index is 0.324. The van der Waals surface area contributed by atoms with Crippen molar-refractivity contribution in [2.24, 2.45) is 5.10 Å². The summed E-state index contributed by atoms with van der Waals surface area (Å²) in [6.07, 6.45) is 2.07. The van der Waals surface area contributed by atoms with E-state index in [0.29, 0.717) is 27.8 Å². The Hall–Kier alpha value is -3.62. The first-order valence-electron chi connectivity index (χ1n) is 9.11. The van der Waals surface area contributed by atoms with Crippen molar-refractivity contribution in [3.63, 3.8) is 0 Å². The van der Waals surface area contributed by atoms with Crippen LogP contribution in [0.5, 0.6) is 0 Å². The Balaban J connectivity index is 1.53. The van der Waals surface area contributed by atoms with Crippen LogP contribution in [0.4, 0.5) is 0 Å². The van der Waals surface area contributed by atoms with Crippen LogP contribution in [-0.4, -0.2) is 37.0 Å². The van der Waals surface area contributed by atoms with Gasteiger partial charge in [-0.25, -0.2) is 0 Å². The number of Topliss-reactive ketones (excluding diaryl/α,β-unsaturated/α-hetero) is 1. The second kappa shape index (κ2) is 8.81. The molecule has 0 amide bonds. The Morgan fingerprint density at radius 3 is 2.43 bits per heavy atom. The fraction of sp³-hybridized carbons (Fsp3) is 0.0455. The van der Waals surface area contributed by atoms with Crippen molar-refractivity contribution in [1.29, 1.82) is 0 Å². The van der Waals surface area contributed by atoms with Crippen molar-refractivity contribution < 1.29 is 9.90 Å². The van der Waals surface area contributed by atoms with E-state index in [0.717, 1.165) is 5.56 Å². The number of thiol groups is 1. The predicted octanol–water partition coefficient (Wildman–Crippen LogP) is 3.43. The van der Waals surface area contributed by atoms with E-state index >= 15 is 0 Å². The van der Waals surface area contributed by atoms with Gasteiger partial charge in [0, 0.05) is 11.8 Å². The topological polar surface area (TPSA) is 93.3 Å². The van der Waals surface area contributed by atoms with Crippen molar-refractivity contribution in [3.05, 3.63) is 95.7 Å². The number of aliphatic hydroxyl groups is 1. The zero-order chi connectivity index (χ0) is 20.9. The molecule has 4 rings (SSSR count). The molecule has 0 radical (unpaired) electrons. The maximum atomic E-state index is 12.5. The first-order chi connectivity index (χ1) is 14.6. The molecule has 8 heteroatoms. The van der Waals surface area contributed by atoms with Crippen LogP contribution in [0.3, 0.4) is 0 Å². The van der Waals surface area contributed by atoms with E-state index in [1.54, 1.807) is 60.9 Å². The molecule has 1 unspecified atom stereocenters. The Bertz CT molecular complexity index is 1180. The van der Waals surface area contributed by atoms with Gasteiger partial charge in [-0.2, -0.15) is 9.78 Å². The summed E-state index contributed by atoms with van der Waals surface area (Å²) in [5, 5.41) is 23.0. The highest BCUT2D eigenvalue weighted by molar-refractivity contribution is 7.80. The number of hydrogen-bond acceptors (Lipinski definition) is 7. The summed E-state index contributed by atoms with van der Waals surface area (Å²) in [6.45, 7) is 0. The Morgan fingerprint density at radius 1 is 1.00 bits per heavy atom. The highest BCUT2D eigenvalue weighted by Gasteiger charge is 2.18. The van der Waals surface area contributed by atoms with E-state index in [-0.39, 0.29) is 5.78 Å². The van der Waals surface area contributed by atoms with Crippen molar-refractivity contribution >= 4 is 24.6 Å². The maximum absolute atomic E-state index is 12.5. The normalized spacial score (nSPS) is 12.2. The summed E-state index contributed by atoms with van der Waals surface area (Å²) < 4.78 is 1.48. The number of aromatic nitrogens is 4. The minimum atomic E-state index is -1.20. The third kappa shape index (κ3) is 4.19. The molecule has 2 aromatic carbocycles. The lowest BCUT2D eigenvalue weighted by Gasteiger charge is -2.10. The summed E-state index contributed by atoms with van der Waals surface area (Å²) in [6, 6.07) is 21.1. The summed E-state index contributed by atoms with van der Waals surface area (Å²) in [5.74, 6) is 0.105. The number of aliphatic hydroxyl groups excluding tert-OH is 1.